The molecule has 1 aromatic rings. The largest absolute Gasteiger partial charge is 0.388 e. The van der Waals surface area contributed by atoms with Gasteiger partial charge in [0.25, 0.3) is 0 Å². The second-order valence-corrected chi connectivity index (χ2v) is 1.94. The number of allylic oxidation sites excluding steroid dienone is 1. The lowest BCUT2D eigenvalue weighted by Gasteiger charge is -1.99. The maximum absolute atomic E-state index is 8.72. The third-order valence-electron chi connectivity index (χ3n) is 1.27. The molecule has 0 aliphatic carbocycles. The van der Waals surface area contributed by atoms with Gasteiger partial charge in [-0.3, -0.25) is 0 Å². The van der Waals surface area contributed by atoms with Crippen molar-refractivity contribution in [2.24, 2.45) is 0 Å². The van der Waals surface area contributed by atoms with E-state index in [1.165, 1.54) is 0 Å². The summed E-state index contributed by atoms with van der Waals surface area (Å²) in [5.74, 6) is 0.680. The van der Waals surface area contributed by atoms with Crippen LogP contribution in [0.25, 0.3) is 0 Å². The van der Waals surface area contributed by atoms with Crippen molar-refractivity contribution < 1.29 is 5.11 Å². The van der Waals surface area contributed by atoms with Crippen LogP contribution in [0, 0.1) is 0 Å². The molecule has 0 aliphatic rings. The summed E-state index contributed by atoms with van der Waals surface area (Å²) in [6, 6.07) is 0. The summed E-state index contributed by atoms with van der Waals surface area (Å²) < 4.78 is 1.84. The van der Waals surface area contributed by atoms with Crippen molar-refractivity contribution in [2.45, 2.75) is 13.2 Å². The van der Waals surface area contributed by atoms with Crippen LogP contribution < -0.4 is 0 Å². The zero-order chi connectivity index (χ0) is 7.40. The molecule has 0 bridgehead atoms. The highest BCUT2D eigenvalue weighted by Gasteiger charge is 1.96. The standard InChI is InChI=1S/C7H10N2O/c1-2-4-9-5-3-8-7(9)6-10/h2-3,5,10H,1,4,6H2. The van der Waals surface area contributed by atoms with Gasteiger partial charge in [-0.15, -0.1) is 6.58 Å². The van der Waals surface area contributed by atoms with Crippen LogP contribution in [0.1, 0.15) is 5.82 Å². The smallest absolute Gasteiger partial charge is 0.134 e. The van der Waals surface area contributed by atoms with E-state index < -0.39 is 0 Å². The molecule has 0 radical (unpaired) electrons. The zero-order valence-corrected chi connectivity index (χ0v) is 5.70. The van der Waals surface area contributed by atoms with Crippen LogP contribution in [-0.2, 0) is 13.2 Å². The van der Waals surface area contributed by atoms with Crippen LogP contribution in [0.2, 0.25) is 0 Å². The van der Waals surface area contributed by atoms with Gasteiger partial charge in [0, 0.05) is 18.9 Å². The Morgan fingerprint density at radius 1 is 1.80 bits per heavy atom. The van der Waals surface area contributed by atoms with Crippen LogP contribution in [0.15, 0.2) is 25.0 Å². The number of nitrogens with zero attached hydrogens (tertiary/aromatic N) is 2. The highest BCUT2D eigenvalue weighted by Crippen LogP contribution is 1.96. The van der Waals surface area contributed by atoms with Gasteiger partial charge < -0.3 is 9.67 Å². The minimum atomic E-state index is -0.0131. The van der Waals surface area contributed by atoms with Gasteiger partial charge in [-0.2, -0.15) is 0 Å². The number of aromatic nitrogens is 2. The zero-order valence-electron chi connectivity index (χ0n) is 5.70. The normalized spacial score (nSPS) is 9.70. The van der Waals surface area contributed by atoms with Crippen molar-refractivity contribution in [3.63, 3.8) is 0 Å². The molecule has 0 amide bonds. The molecule has 0 aromatic carbocycles. The van der Waals surface area contributed by atoms with Gasteiger partial charge in [0.15, 0.2) is 0 Å². The van der Waals surface area contributed by atoms with Crippen LogP contribution in [0.4, 0.5) is 0 Å². The van der Waals surface area contributed by atoms with E-state index in [-0.39, 0.29) is 6.61 Å². The Bertz CT molecular complexity index is 217. The highest BCUT2D eigenvalue weighted by molar-refractivity contribution is 4.92. The Morgan fingerprint density at radius 2 is 2.60 bits per heavy atom. The van der Waals surface area contributed by atoms with Crippen LogP contribution in [0.5, 0.6) is 0 Å². The molecule has 1 heterocycles. The highest BCUT2D eigenvalue weighted by atomic mass is 16.3. The summed E-state index contributed by atoms with van der Waals surface area (Å²) in [6.45, 7) is 4.27. The van der Waals surface area contributed by atoms with E-state index in [9.17, 15) is 0 Å². The SMILES string of the molecule is C=CCn1ccnc1CO. The number of hydrogen-bond donors (Lipinski definition) is 1. The minimum Gasteiger partial charge on any atom is -0.388 e. The van der Waals surface area contributed by atoms with E-state index in [1.54, 1.807) is 12.3 Å². The number of aliphatic hydroxyl groups excluding tert-OH is 1. The van der Waals surface area contributed by atoms with Gasteiger partial charge in [0.05, 0.1) is 0 Å². The lowest BCUT2D eigenvalue weighted by atomic mass is 10.5. The van der Waals surface area contributed by atoms with Crippen molar-refractivity contribution in [1.82, 2.24) is 9.55 Å². The van der Waals surface area contributed by atoms with Crippen LogP contribution >= 0.6 is 0 Å². The number of aliphatic hydroxyl groups is 1. The van der Waals surface area contributed by atoms with E-state index in [0.29, 0.717) is 12.4 Å². The van der Waals surface area contributed by atoms with Crippen molar-refractivity contribution >= 4 is 0 Å². The Morgan fingerprint density at radius 3 is 3.20 bits per heavy atom. The van der Waals surface area contributed by atoms with Gasteiger partial charge in [-0.25, -0.2) is 4.98 Å². The van der Waals surface area contributed by atoms with Crippen LogP contribution in [0.3, 0.4) is 0 Å². The van der Waals surface area contributed by atoms with Gasteiger partial charge >= 0.3 is 0 Å². The molecule has 54 valence electrons. The second kappa shape index (κ2) is 3.17. The van der Waals surface area contributed by atoms with Crippen molar-refractivity contribution in [2.75, 3.05) is 0 Å². The van der Waals surface area contributed by atoms with Gasteiger partial charge in [-0.05, 0) is 0 Å². The monoisotopic (exact) mass is 138 g/mol. The third kappa shape index (κ3) is 1.25. The summed E-state index contributed by atoms with van der Waals surface area (Å²) in [5, 5.41) is 8.72. The number of imidazole rings is 1. The number of rotatable bonds is 3. The first-order valence-electron chi connectivity index (χ1n) is 3.10. The molecule has 1 rings (SSSR count). The first-order valence-corrected chi connectivity index (χ1v) is 3.10. The molecule has 3 nitrogen and oxygen atoms in total. The average molecular weight is 138 g/mol. The molecule has 0 saturated heterocycles. The first-order chi connectivity index (χ1) is 4.88. The predicted molar refractivity (Wildman–Crippen MR) is 38.3 cm³/mol. The fraction of sp³-hybridized carbons (Fsp3) is 0.286. The Hall–Kier alpha value is -1.09. The fourth-order valence-electron chi connectivity index (χ4n) is 0.797. The lowest BCUT2D eigenvalue weighted by molar-refractivity contribution is 0.266. The topological polar surface area (TPSA) is 38.0 Å². The minimum absolute atomic E-state index is 0.0131. The van der Waals surface area contributed by atoms with Crippen molar-refractivity contribution in [3.8, 4) is 0 Å². The van der Waals surface area contributed by atoms with E-state index in [0.717, 1.165) is 0 Å². The molecule has 0 saturated carbocycles. The van der Waals surface area contributed by atoms with E-state index >= 15 is 0 Å². The summed E-state index contributed by atoms with van der Waals surface area (Å²) in [7, 11) is 0. The third-order valence-corrected chi connectivity index (χ3v) is 1.27. The van der Waals surface area contributed by atoms with Crippen LogP contribution in [-0.4, -0.2) is 14.7 Å². The molecular weight excluding hydrogens is 128 g/mol. The molecule has 0 aliphatic heterocycles. The van der Waals surface area contributed by atoms with Gasteiger partial charge in [0.1, 0.15) is 12.4 Å². The first kappa shape index (κ1) is 7.02. The van der Waals surface area contributed by atoms with Gasteiger partial charge in [-0.1, -0.05) is 6.08 Å². The molecular formula is C7H10N2O. The lowest BCUT2D eigenvalue weighted by Crippen LogP contribution is -2.00. The summed E-state index contributed by atoms with van der Waals surface area (Å²) >= 11 is 0. The number of hydrogen-bond acceptors (Lipinski definition) is 2. The molecule has 3 heteroatoms. The fourth-order valence-corrected chi connectivity index (χ4v) is 0.797. The molecule has 1 aromatic heterocycles. The Labute approximate surface area is 59.6 Å². The van der Waals surface area contributed by atoms with Crippen molar-refractivity contribution in [3.05, 3.63) is 30.9 Å². The summed E-state index contributed by atoms with van der Waals surface area (Å²) in [6.07, 6.45) is 5.24. The Balaban J connectivity index is 2.79. The maximum Gasteiger partial charge on any atom is 0.134 e. The average Bonchev–Trinajstić information content (AvgIpc) is 2.36. The van der Waals surface area contributed by atoms with Gasteiger partial charge in [0.2, 0.25) is 0 Å². The predicted octanol–water partition coefficient (Wildman–Crippen LogP) is 0.561. The molecule has 0 spiro atoms. The molecule has 1 N–H and O–H groups in total. The van der Waals surface area contributed by atoms with E-state index in [2.05, 4.69) is 11.6 Å². The maximum atomic E-state index is 8.72. The molecule has 0 atom stereocenters. The Kier molecular flexibility index (Phi) is 2.23. The summed E-state index contributed by atoms with van der Waals surface area (Å²) in [4.78, 5) is 3.92. The quantitative estimate of drug-likeness (QED) is 0.620. The molecule has 0 unspecified atom stereocenters. The second-order valence-electron chi connectivity index (χ2n) is 1.94. The van der Waals surface area contributed by atoms with Crippen molar-refractivity contribution in [1.29, 1.82) is 0 Å². The summed E-state index contributed by atoms with van der Waals surface area (Å²) in [5.41, 5.74) is 0. The molecule has 10 heavy (non-hydrogen) atoms. The van der Waals surface area contributed by atoms with E-state index in [4.69, 9.17) is 5.11 Å². The molecule has 0 fully saturated rings. The van der Waals surface area contributed by atoms with E-state index in [1.807, 2.05) is 10.8 Å².